The normalized spacial score (nSPS) is 20.5. The number of morpholine rings is 1. The minimum Gasteiger partial charge on any atom is -0.483 e. The highest BCUT2D eigenvalue weighted by Crippen LogP contribution is 2.28. The maximum absolute atomic E-state index is 6.29. The van der Waals surface area contributed by atoms with E-state index in [4.69, 9.17) is 9.47 Å². The van der Waals surface area contributed by atoms with E-state index in [9.17, 15) is 0 Å². The van der Waals surface area contributed by atoms with Crippen LogP contribution in [0.25, 0.3) is 0 Å². The fourth-order valence-electron chi connectivity index (χ4n) is 2.76. The molecule has 0 amide bonds. The summed E-state index contributed by atoms with van der Waals surface area (Å²) in [5.41, 5.74) is 2.39. The highest BCUT2D eigenvalue weighted by molar-refractivity contribution is 5.28. The molecule has 1 unspecified atom stereocenters. The minimum atomic E-state index is -0.0911. The third-order valence-electron chi connectivity index (χ3n) is 4.05. The monoisotopic (exact) mass is 297 g/mol. The van der Waals surface area contributed by atoms with Crippen LogP contribution in [0, 0.1) is 6.92 Å². The van der Waals surface area contributed by atoms with Gasteiger partial charge in [-0.3, -0.25) is 0 Å². The number of aryl methyl sites for hydroxylation is 1. The smallest absolute Gasteiger partial charge is 0.151 e. The number of benzene rings is 2. The van der Waals surface area contributed by atoms with Gasteiger partial charge in [-0.15, -0.1) is 0 Å². The lowest BCUT2D eigenvalue weighted by molar-refractivity contribution is -0.0760. The van der Waals surface area contributed by atoms with E-state index < -0.39 is 0 Å². The molecule has 0 saturated carbocycles. The minimum absolute atomic E-state index is 0.0439. The van der Waals surface area contributed by atoms with Crippen LogP contribution in [0.5, 0.6) is 5.75 Å². The maximum atomic E-state index is 6.29. The Balaban J connectivity index is 1.84. The lowest BCUT2D eigenvalue weighted by Crippen LogP contribution is -2.44. The average Bonchev–Trinajstić information content (AvgIpc) is 2.55. The fourth-order valence-corrected chi connectivity index (χ4v) is 2.76. The molecule has 1 saturated heterocycles. The predicted octanol–water partition coefficient (Wildman–Crippen LogP) is 3.45. The summed E-state index contributed by atoms with van der Waals surface area (Å²) in [5, 5.41) is 0. The third-order valence-corrected chi connectivity index (χ3v) is 4.05. The molecule has 0 aliphatic carbocycles. The molecule has 1 aliphatic heterocycles. The summed E-state index contributed by atoms with van der Waals surface area (Å²) in [7, 11) is 2.13. The summed E-state index contributed by atoms with van der Waals surface area (Å²) in [6.45, 7) is 4.69. The van der Waals surface area contributed by atoms with Crippen molar-refractivity contribution in [1.82, 2.24) is 4.90 Å². The summed E-state index contributed by atoms with van der Waals surface area (Å²) < 4.78 is 12.3. The number of hydrogen-bond donors (Lipinski definition) is 0. The molecule has 0 bridgehead atoms. The van der Waals surface area contributed by atoms with Gasteiger partial charge in [-0.25, -0.2) is 0 Å². The second-order valence-corrected chi connectivity index (χ2v) is 5.93. The zero-order valence-electron chi connectivity index (χ0n) is 13.2. The highest BCUT2D eigenvalue weighted by atomic mass is 16.5. The molecule has 1 aliphatic rings. The third kappa shape index (κ3) is 3.67. The molecular formula is C19H23NO2. The molecule has 22 heavy (non-hydrogen) atoms. The summed E-state index contributed by atoms with van der Waals surface area (Å²) in [6.07, 6.45) is -0.0471. The van der Waals surface area contributed by atoms with E-state index in [1.807, 2.05) is 30.3 Å². The van der Waals surface area contributed by atoms with Crippen LogP contribution in [0.4, 0.5) is 0 Å². The molecule has 0 spiro atoms. The van der Waals surface area contributed by atoms with E-state index >= 15 is 0 Å². The Morgan fingerprint density at radius 3 is 2.50 bits per heavy atom. The second kappa shape index (κ2) is 6.95. The topological polar surface area (TPSA) is 21.7 Å². The molecule has 116 valence electrons. The van der Waals surface area contributed by atoms with Crippen molar-refractivity contribution in [3.63, 3.8) is 0 Å². The molecule has 3 nitrogen and oxygen atoms in total. The lowest BCUT2D eigenvalue weighted by Gasteiger charge is -2.35. The first-order valence-corrected chi connectivity index (χ1v) is 7.81. The fraction of sp³-hybridized carbons (Fsp3) is 0.368. The molecule has 0 N–H and O–H groups in total. The SMILES string of the molecule is Cc1ccc(O[C@@H](c2ccccc2)C2CN(C)CCO2)cc1. The van der Waals surface area contributed by atoms with E-state index in [0.717, 1.165) is 31.0 Å². The van der Waals surface area contributed by atoms with E-state index in [-0.39, 0.29) is 12.2 Å². The van der Waals surface area contributed by atoms with Crippen molar-refractivity contribution in [3.8, 4) is 5.75 Å². The number of rotatable bonds is 4. The molecule has 2 aromatic carbocycles. The maximum Gasteiger partial charge on any atom is 0.151 e. The largest absolute Gasteiger partial charge is 0.483 e. The van der Waals surface area contributed by atoms with Crippen molar-refractivity contribution in [2.24, 2.45) is 0 Å². The van der Waals surface area contributed by atoms with Crippen LogP contribution in [0.1, 0.15) is 17.2 Å². The summed E-state index contributed by atoms with van der Waals surface area (Å²) >= 11 is 0. The molecule has 1 fully saturated rings. The molecule has 0 radical (unpaired) electrons. The van der Waals surface area contributed by atoms with Crippen molar-refractivity contribution in [1.29, 1.82) is 0 Å². The molecule has 0 aromatic heterocycles. The van der Waals surface area contributed by atoms with Gasteiger partial charge in [-0.05, 0) is 31.7 Å². The van der Waals surface area contributed by atoms with E-state index in [1.54, 1.807) is 0 Å². The molecule has 2 aromatic rings. The number of hydrogen-bond acceptors (Lipinski definition) is 3. The van der Waals surface area contributed by atoms with Crippen LogP contribution < -0.4 is 4.74 Å². The van der Waals surface area contributed by atoms with E-state index in [1.165, 1.54) is 5.56 Å². The van der Waals surface area contributed by atoms with Crippen LogP contribution >= 0.6 is 0 Å². The molecule has 3 rings (SSSR count). The lowest BCUT2D eigenvalue weighted by atomic mass is 10.0. The van der Waals surface area contributed by atoms with Crippen LogP contribution in [-0.4, -0.2) is 37.7 Å². The number of ether oxygens (including phenoxy) is 2. The van der Waals surface area contributed by atoms with Gasteiger partial charge in [0.05, 0.1) is 6.61 Å². The predicted molar refractivity (Wildman–Crippen MR) is 88.2 cm³/mol. The summed E-state index contributed by atoms with van der Waals surface area (Å²) in [5.74, 6) is 0.885. The first-order chi connectivity index (χ1) is 10.7. The number of likely N-dealkylation sites (N-methyl/N-ethyl adjacent to an activating group) is 1. The van der Waals surface area contributed by atoms with Gasteiger partial charge in [0.1, 0.15) is 11.9 Å². The molecular weight excluding hydrogens is 274 g/mol. The van der Waals surface area contributed by atoms with Gasteiger partial charge in [0.2, 0.25) is 0 Å². The first kappa shape index (κ1) is 15.1. The average molecular weight is 297 g/mol. The van der Waals surface area contributed by atoms with Crippen LogP contribution in [-0.2, 0) is 4.74 Å². The van der Waals surface area contributed by atoms with Gasteiger partial charge < -0.3 is 14.4 Å². The van der Waals surface area contributed by atoms with Crippen molar-refractivity contribution in [2.45, 2.75) is 19.1 Å². The number of nitrogens with zero attached hydrogens (tertiary/aromatic N) is 1. The van der Waals surface area contributed by atoms with Gasteiger partial charge in [-0.1, -0.05) is 48.0 Å². The Hall–Kier alpha value is -1.84. The van der Waals surface area contributed by atoms with Gasteiger partial charge in [0.15, 0.2) is 6.10 Å². The Kier molecular flexibility index (Phi) is 4.76. The van der Waals surface area contributed by atoms with Gasteiger partial charge >= 0.3 is 0 Å². The molecule has 2 atom stereocenters. The quantitative estimate of drug-likeness (QED) is 0.863. The van der Waals surface area contributed by atoms with Gasteiger partial charge in [0, 0.05) is 13.1 Å². The Morgan fingerprint density at radius 1 is 1.09 bits per heavy atom. The van der Waals surface area contributed by atoms with Crippen molar-refractivity contribution < 1.29 is 9.47 Å². The van der Waals surface area contributed by atoms with Crippen LogP contribution in [0.2, 0.25) is 0 Å². The zero-order chi connectivity index (χ0) is 15.4. The first-order valence-electron chi connectivity index (χ1n) is 7.81. The molecule has 1 heterocycles. The van der Waals surface area contributed by atoms with Gasteiger partial charge in [-0.2, -0.15) is 0 Å². The van der Waals surface area contributed by atoms with E-state index in [2.05, 4.69) is 43.1 Å². The molecule has 3 heteroatoms. The van der Waals surface area contributed by atoms with Crippen molar-refractivity contribution >= 4 is 0 Å². The van der Waals surface area contributed by atoms with Crippen molar-refractivity contribution in [2.75, 3.05) is 26.7 Å². The Labute approximate surface area is 132 Å². The standard InChI is InChI=1S/C19H23NO2/c1-15-8-10-17(11-9-15)22-19(16-6-4-3-5-7-16)18-14-20(2)12-13-21-18/h3-11,18-19H,12-14H2,1-2H3/t18?,19-/m0/s1. The summed E-state index contributed by atoms with van der Waals surface area (Å²) in [4.78, 5) is 2.29. The van der Waals surface area contributed by atoms with E-state index in [0.29, 0.717) is 0 Å². The Bertz CT molecular complexity index is 582. The second-order valence-electron chi connectivity index (χ2n) is 5.93. The van der Waals surface area contributed by atoms with Gasteiger partial charge in [0.25, 0.3) is 0 Å². The summed E-state index contributed by atoms with van der Waals surface area (Å²) in [6, 6.07) is 18.5. The van der Waals surface area contributed by atoms with Crippen molar-refractivity contribution in [3.05, 3.63) is 65.7 Å². The Morgan fingerprint density at radius 2 is 1.82 bits per heavy atom. The van der Waals surface area contributed by atoms with Crippen LogP contribution in [0.3, 0.4) is 0 Å². The zero-order valence-corrected chi connectivity index (χ0v) is 13.2. The van der Waals surface area contributed by atoms with Crippen LogP contribution in [0.15, 0.2) is 54.6 Å². The highest BCUT2D eigenvalue weighted by Gasteiger charge is 2.29.